The maximum Gasteiger partial charge on any atom is 0.276 e. The molecule has 0 heterocycles. The van der Waals surface area contributed by atoms with Crippen LogP contribution in [0.25, 0.3) is 0 Å². The van der Waals surface area contributed by atoms with E-state index >= 15 is 0 Å². The highest BCUT2D eigenvalue weighted by Crippen LogP contribution is 2.08. The minimum atomic E-state index is -0.951. The molecule has 1 unspecified atom stereocenters. The summed E-state index contributed by atoms with van der Waals surface area (Å²) in [5.41, 5.74) is 5.43. The van der Waals surface area contributed by atoms with Gasteiger partial charge in [-0.2, -0.15) is 0 Å². The Hall–Kier alpha value is -1.55. The van der Waals surface area contributed by atoms with Crippen molar-refractivity contribution in [1.29, 1.82) is 0 Å². The van der Waals surface area contributed by atoms with Crippen molar-refractivity contribution >= 4 is 5.91 Å². The van der Waals surface area contributed by atoms with Crippen molar-refractivity contribution in [2.24, 2.45) is 5.73 Å². The van der Waals surface area contributed by atoms with Crippen LogP contribution in [0.4, 0.5) is 0 Å². The van der Waals surface area contributed by atoms with Crippen molar-refractivity contribution in [2.75, 3.05) is 7.05 Å². The maximum absolute atomic E-state index is 11.0. The zero-order valence-electron chi connectivity index (χ0n) is 7.36. The fraction of sp³-hybridized carbons (Fsp3) is 0.222. The van der Waals surface area contributed by atoms with Crippen LogP contribution in [0.5, 0.6) is 5.75 Å². The molecule has 4 heteroatoms. The molecule has 0 aliphatic heterocycles. The highest BCUT2D eigenvalue weighted by atomic mass is 16.5. The van der Waals surface area contributed by atoms with Crippen LogP contribution in [0, 0.1) is 0 Å². The molecule has 0 bridgehead atoms. The molecule has 1 aromatic carbocycles. The average Bonchev–Trinajstić information content (AvgIpc) is 2.18. The Morgan fingerprint density at radius 1 is 1.46 bits per heavy atom. The van der Waals surface area contributed by atoms with Gasteiger partial charge in [-0.1, -0.05) is 18.2 Å². The fourth-order valence-corrected chi connectivity index (χ4v) is 0.841. The number of carbonyl (C=O) groups is 1. The number of hydrogen-bond donors (Lipinski definition) is 2. The lowest BCUT2D eigenvalue weighted by molar-refractivity contribution is -0.127. The Labute approximate surface area is 76.7 Å². The number of nitrogens with two attached hydrogens (primary N) is 1. The number of amides is 1. The Morgan fingerprint density at radius 3 is 2.62 bits per heavy atom. The van der Waals surface area contributed by atoms with Crippen LogP contribution in [0.3, 0.4) is 0 Å². The number of likely N-dealkylation sites (N-methyl/N-ethyl adjacent to an activating group) is 1. The van der Waals surface area contributed by atoms with E-state index < -0.39 is 6.23 Å². The van der Waals surface area contributed by atoms with Crippen LogP contribution in [0.1, 0.15) is 0 Å². The van der Waals surface area contributed by atoms with Crippen molar-refractivity contribution in [2.45, 2.75) is 6.23 Å². The largest absolute Gasteiger partial charge is 0.466 e. The molecule has 0 aromatic heterocycles. The lowest BCUT2D eigenvalue weighted by atomic mass is 10.3. The number of carbonyl (C=O) groups excluding carboxylic acids is 1. The first-order valence-electron chi connectivity index (χ1n) is 3.93. The lowest BCUT2D eigenvalue weighted by Crippen LogP contribution is -2.42. The van der Waals surface area contributed by atoms with Crippen molar-refractivity contribution < 1.29 is 9.53 Å². The van der Waals surface area contributed by atoms with Gasteiger partial charge in [0.15, 0.2) is 0 Å². The Balaban J connectivity index is 2.55. The number of ether oxygens (including phenoxy) is 1. The molecule has 0 aliphatic rings. The van der Waals surface area contributed by atoms with Gasteiger partial charge in [0.05, 0.1) is 0 Å². The van der Waals surface area contributed by atoms with E-state index in [0.29, 0.717) is 5.75 Å². The quantitative estimate of drug-likeness (QED) is 0.648. The van der Waals surface area contributed by atoms with Gasteiger partial charge in [0.25, 0.3) is 5.91 Å². The number of rotatable bonds is 3. The minimum Gasteiger partial charge on any atom is -0.466 e. The molecule has 0 spiro atoms. The Bertz CT molecular complexity index is 274. The number of hydrogen-bond acceptors (Lipinski definition) is 3. The number of nitrogens with one attached hydrogen (secondary N) is 1. The highest BCUT2D eigenvalue weighted by Gasteiger charge is 2.11. The van der Waals surface area contributed by atoms with Crippen LogP contribution in [0.15, 0.2) is 30.3 Å². The first-order valence-corrected chi connectivity index (χ1v) is 3.93. The molecule has 70 valence electrons. The summed E-state index contributed by atoms with van der Waals surface area (Å²) >= 11 is 0. The summed E-state index contributed by atoms with van der Waals surface area (Å²) in [7, 11) is 1.51. The van der Waals surface area contributed by atoms with Gasteiger partial charge in [0, 0.05) is 7.05 Å². The molecule has 0 radical (unpaired) electrons. The van der Waals surface area contributed by atoms with Crippen molar-refractivity contribution in [3.63, 3.8) is 0 Å². The monoisotopic (exact) mass is 180 g/mol. The van der Waals surface area contributed by atoms with Gasteiger partial charge in [0.1, 0.15) is 5.75 Å². The van der Waals surface area contributed by atoms with E-state index in [9.17, 15) is 4.79 Å². The molecule has 0 saturated heterocycles. The van der Waals surface area contributed by atoms with Crippen molar-refractivity contribution in [1.82, 2.24) is 5.32 Å². The summed E-state index contributed by atoms with van der Waals surface area (Å²) < 4.78 is 5.13. The zero-order valence-corrected chi connectivity index (χ0v) is 7.36. The summed E-state index contributed by atoms with van der Waals surface area (Å²) in [6.07, 6.45) is -0.951. The van der Waals surface area contributed by atoms with Gasteiger partial charge < -0.3 is 10.1 Å². The summed E-state index contributed by atoms with van der Waals surface area (Å²) in [6, 6.07) is 8.96. The molecule has 0 aliphatic carbocycles. The third kappa shape index (κ3) is 2.76. The van der Waals surface area contributed by atoms with E-state index in [1.807, 2.05) is 18.2 Å². The molecule has 0 fully saturated rings. The lowest BCUT2D eigenvalue weighted by Gasteiger charge is -2.12. The molecule has 3 N–H and O–H groups in total. The molecule has 1 amide bonds. The van der Waals surface area contributed by atoms with E-state index in [0.717, 1.165) is 0 Å². The van der Waals surface area contributed by atoms with E-state index in [4.69, 9.17) is 10.5 Å². The van der Waals surface area contributed by atoms with E-state index in [1.165, 1.54) is 7.05 Å². The minimum absolute atomic E-state index is 0.344. The molecule has 4 nitrogen and oxygen atoms in total. The maximum atomic E-state index is 11.0. The van der Waals surface area contributed by atoms with Gasteiger partial charge in [-0.25, -0.2) is 0 Å². The van der Waals surface area contributed by atoms with Gasteiger partial charge in [-0.05, 0) is 12.1 Å². The van der Waals surface area contributed by atoms with E-state index in [1.54, 1.807) is 12.1 Å². The normalized spacial score (nSPS) is 11.8. The van der Waals surface area contributed by atoms with Crippen LogP contribution < -0.4 is 15.8 Å². The van der Waals surface area contributed by atoms with Crippen LogP contribution in [-0.2, 0) is 4.79 Å². The van der Waals surface area contributed by atoms with Crippen LogP contribution >= 0.6 is 0 Å². The van der Waals surface area contributed by atoms with Crippen molar-refractivity contribution in [3.8, 4) is 5.75 Å². The van der Waals surface area contributed by atoms with E-state index in [-0.39, 0.29) is 5.91 Å². The third-order valence-corrected chi connectivity index (χ3v) is 1.51. The smallest absolute Gasteiger partial charge is 0.276 e. The molecule has 1 aromatic rings. The predicted octanol–water partition coefficient (Wildman–Crippen LogP) is 0.0962. The predicted molar refractivity (Wildman–Crippen MR) is 49.1 cm³/mol. The molecular weight excluding hydrogens is 168 g/mol. The van der Waals surface area contributed by atoms with Crippen LogP contribution in [-0.4, -0.2) is 19.2 Å². The number of benzene rings is 1. The molecule has 13 heavy (non-hydrogen) atoms. The number of para-hydroxylation sites is 1. The standard InChI is InChI=1S/C9H12N2O2/c1-11-9(12)8(10)13-7-5-3-2-4-6-7/h2-6,8H,10H2,1H3,(H,11,12). The zero-order chi connectivity index (χ0) is 9.68. The topological polar surface area (TPSA) is 64.4 Å². The average molecular weight is 180 g/mol. The molecule has 0 saturated carbocycles. The SMILES string of the molecule is CNC(=O)C(N)Oc1ccccc1. The Kier molecular flexibility index (Phi) is 3.28. The summed E-state index contributed by atoms with van der Waals surface area (Å²) in [6.45, 7) is 0. The second kappa shape index (κ2) is 4.47. The second-order valence-corrected chi connectivity index (χ2v) is 2.47. The highest BCUT2D eigenvalue weighted by molar-refractivity contribution is 5.80. The van der Waals surface area contributed by atoms with Crippen molar-refractivity contribution in [3.05, 3.63) is 30.3 Å². The Morgan fingerprint density at radius 2 is 2.08 bits per heavy atom. The summed E-state index contributed by atoms with van der Waals surface area (Å²) in [5.74, 6) is 0.238. The molecule has 1 atom stereocenters. The van der Waals surface area contributed by atoms with Gasteiger partial charge in [-0.3, -0.25) is 10.5 Å². The second-order valence-electron chi connectivity index (χ2n) is 2.47. The first-order chi connectivity index (χ1) is 6.24. The molecular formula is C9H12N2O2. The van der Waals surface area contributed by atoms with Gasteiger partial charge in [-0.15, -0.1) is 0 Å². The first kappa shape index (κ1) is 9.54. The van der Waals surface area contributed by atoms with Gasteiger partial charge >= 0.3 is 0 Å². The summed E-state index contributed by atoms with van der Waals surface area (Å²) in [4.78, 5) is 11.0. The van der Waals surface area contributed by atoms with E-state index in [2.05, 4.69) is 5.32 Å². The van der Waals surface area contributed by atoms with Crippen LogP contribution in [0.2, 0.25) is 0 Å². The fourth-order valence-electron chi connectivity index (χ4n) is 0.841. The third-order valence-electron chi connectivity index (χ3n) is 1.51. The summed E-state index contributed by atoms with van der Waals surface area (Å²) in [5, 5.41) is 2.40. The molecule has 1 rings (SSSR count). The van der Waals surface area contributed by atoms with Gasteiger partial charge in [0.2, 0.25) is 6.23 Å².